The number of piperazine rings is 1. The van der Waals surface area contributed by atoms with Gasteiger partial charge >= 0.3 is 6.03 Å². The number of hydrogen-bond acceptors (Lipinski definition) is 5. The van der Waals surface area contributed by atoms with Gasteiger partial charge in [0.05, 0.1) is 0 Å². The molecule has 0 aliphatic carbocycles. The maximum atomic E-state index is 12.3. The normalized spacial score (nSPS) is 16.4. The summed E-state index contributed by atoms with van der Waals surface area (Å²) in [5, 5.41) is 8.31. The first-order valence-electron chi connectivity index (χ1n) is 10.1. The largest absolute Gasteiger partial charge is 0.374 e. The molecular weight excluding hydrogens is 354 g/mol. The lowest BCUT2D eigenvalue weighted by molar-refractivity contribution is -0.120. The summed E-state index contributed by atoms with van der Waals surface area (Å²) in [7, 11) is 0. The Bertz CT molecular complexity index is 691. The second-order valence-electron chi connectivity index (χ2n) is 8.48. The highest BCUT2D eigenvalue weighted by Gasteiger charge is 2.20. The van der Waals surface area contributed by atoms with E-state index in [9.17, 15) is 9.59 Å². The topological polar surface area (TPSA) is 76.7 Å². The third-order valence-corrected chi connectivity index (χ3v) is 4.89. The van der Waals surface area contributed by atoms with Crippen molar-refractivity contribution in [1.29, 1.82) is 0 Å². The minimum atomic E-state index is -0.525. The quantitative estimate of drug-likeness (QED) is 0.722. The Labute approximate surface area is 168 Å². The second-order valence-corrected chi connectivity index (χ2v) is 8.48. The van der Waals surface area contributed by atoms with Gasteiger partial charge in [-0.2, -0.15) is 0 Å². The van der Waals surface area contributed by atoms with Crippen LogP contribution in [0.4, 0.5) is 16.2 Å². The number of nitrogens with one attached hydrogen (secondary N) is 3. The first-order chi connectivity index (χ1) is 13.1. The fourth-order valence-corrected chi connectivity index (χ4v) is 3.22. The third kappa shape index (κ3) is 6.41. The molecule has 0 aromatic heterocycles. The summed E-state index contributed by atoms with van der Waals surface area (Å²) >= 11 is 0. The van der Waals surface area contributed by atoms with Gasteiger partial charge in [0.1, 0.15) is 6.04 Å². The van der Waals surface area contributed by atoms with Gasteiger partial charge in [0.25, 0.3) is 0 Å². The molecule has 156 valence electrons. The minimum absolute atomic E-state index is 0.360. The Balaban J connectivity index is 1.93. The number of imide groups is 1. The molecule has 2 rings (SSSR count). The molecule has 0 saturated carbocycles. The lowest BCUT2D eigenvalue weighted by Gasteiger charge is -2.35. The highest BCUT2D eigenvalue weighted by Crippen LogP contribution is 2.24. The van der Waals surface area contributed by atoms with E-state index >= 15 is 0 Å². The van der Waals surface area contributed by atoms with Crippen LogP contribution in [0.25, 0.3) is 0 Å². The van der Waals surface area contributed by atoms with Crippen LogP contribution in [0.1, 0.15) is 40.2 Å². The number of aryl methyl sites for hydroxylation is 1. The van der Waals surface area contributed by atoms with Crippen molar-refractivity contribution < 1.29 is 9.59 Å². The van der Waals surface area contributed by atoms with Crippen molar-refractivity contribution in [1.82, 2.24) is 15.5 Å². The van der Waals surface area contributed by atoms with Gasteiger partial charge in [0.15, 0.2) is 0 Å². The molecular formula is C21H35N5O2. The van der Waals surface area contributed by atoms with Crippen LogP contribution < -0.4 is 20.9 Å². The summed E-state index contributed by atoms with van der Waals surface area (Å²) in [4.78, 5) is 29.0. The van der Waals surface area contributed by atoms with Gasteiger partial charge in [-0.05, 0) is 64.9 Å². The van der Waals surface area contributed by atoms with Crippen molar-refractivity contribution in [2.75, 3.05) is 42.9 Å². The van der Waals surface area contributed by atoms with Gasteiger partial charge in [-0.15, -0.1) is 0 Å². The zero-order valence-electron chi connectivity index (χ0n) is 18.1. The first-order valence-corrected chi connectivity index (χ1v) is 10.1. The van der Waals surface area contributed by atoms with Crippen molar-refractivity contribution >= 4 is 23.3 Å². The number of carbonyl (C=O) groups is 2. The molecule has 3 amide bonds. The molecule has 7 nitrogen and oxygen atoms in total. The Morgan fingerprint density at radius 3 is 2.32 bits per heavy atom. The van der Waals surface area contributed by atoms with E-state index in [-0.39, 0.29) is 5.91 Å². The highest BCUT2D eigenvalue weighted by atomic mass is 16.2. The number of carbonyl (C=O) groups excluding carboxylic acids is 2. The molecule has 1 unspecified atom stereocenters. The fraction of sp³-hybridized carbons (Fsp3) is 0.619. The molecule has 1 aromatic rings. The van der Waals surface area contributed by atoms with Crippen LogP contribution in [0.3, 0.4) is 0 Å². The predicted octanol–water partition coefficient (Wildman–Crippen LogP) is 2.56. The Morgan fingerprint density at radius 1 is 1.14 bits per heavy atom. The van der Waals surface area contributed by atoms with E-state index in [1.54, 1.807) is 6.92 Å². The summed E-state index contributed by atoms with van der Waals surface area (Å²) in [6, 6.07) is 5.25. The summed E-state index contributed by atoms with van der Waals surface area (Å²) in [5.41, 5.74) is 2.79. The Kier molecular flexibility index (Phi) is 7.29. The third-order valence-electron chi connectivity index (χ3n) is 4.89. The van der Waals surface area contributed by atoms with Crippen LogP contribution in [0, 0.1) is 6.92 Å². The van der Waals surface area contributed by atoms with Gasteiger partial charge in [0.2, 0.25) is 5.91 Å². The first kappa shape index (κ1) is 22.0. The summed E-state index contributed by atoms with van der Waals surface area (Å²) in [6.45, 7) is 16.9. The number of hydrogen-bond donors (Lipinski definition) is 3. The number of benzene rings is 1. The van der Waals surface area contributed by atoms with Gasteiger partial charge in [-0.25, -0.2) is 4.79 Å². The minimum Gasteiger partial charge on any atom is -0.374 e. The number of urea groups is 1. The van der Waals surface area contributed by atoms with Crippen LogP contribution >= 0.6 is 0 Å². The molecule has 1 aliphatic heterocycles. The van der Waals surface area contributed by atoms with E-state index in [1.165, 1.54) is 5.69 Å². The van der Waals surface area contributed by atoms with Gasteiger partial charge in [-0.1, -0.05) is 6.92 Å². The summed E-state index contributed by atoms with van der Waals surface area (Å²) in [5.74, 6) is -0.360. The molecule has 1 aromatic carbocycles. The number of amides is 3. The van der Waals surface area contributed by atoms with E-state index in [4.69, 9.17) is 0 Å². The zero-order chi connectivity index (χ0) is 20.9. The fourth-order valence-electron chi connectivity index (χ4n) is 3.22. The van der Waals surface area contributed by atoms with Crippen molar-refractivity contribution in [2.45, 2.75) is 53.1 Å². The molecule has 1 aliphatic rings. The summed E-state index contributed by atoms with van der Waals surface area (Å²) < 4.78 is 0. The van der Waals surface area contributed by atoms with E-state index < -0.39 is 17.6 Å². The van der Waals surface area contributed by atoms with Gasteiger partial charge in [-0.3, -0.25) is 10.1 Å². The lowest BCUT2D eigenvalue weighted by Crippen LogP contribution is -2.51. The Hall–Kier alpha value is -2.28. The molecule has 1 fully saturated rings. The second kappa shape index (κ2) is 9.28. The molecule has 3 N–H and O–H groups in total. The van der Waals surface area contributed by atoms with Gasteiger partial charge in [0, 0.05) is 43.1 Å². The lowest BCUT2D eigenvalue weighted by atomic mass is 10.1. The van der Waals surface area contributed by atoms with Crippen LogP contribution in [-0.4, -0.2) is 61.1 Å². The maximum absolute atomic E-state index is 12.3. The average molecular weight is 390 g/mol. The molecule has 1 heterocycles. The van der Waals surface area contributed by atoms with E-state index in [0.717, 1.165) is 44.0 Å². The van der Waals surface area contributed by atoms with Crippen molar-refractivity contribution in [3.8, 4) is 0 Å². The SMILES string of the molecule is CCN1CCN(c2ccc(NC(C)C(=O)NC(=O)NC(C)(C)C)c(C)c2)CC1. The number of likely N-dealkylation sites (N-methyl/N-ethyl adjacent to an activating group) is 1. The maximum Gasteiger partial charge on any atom is 0.321 e. The molecule has 0 spiro atoms. The van der Waals surface area contributed by atoms with Crippen LogP contribution in [-0.2, 0) is 4.79 Å². The zero-order valence-corrected chi connectivity index (χ0v) is 18.1. The van der Waals surface area contributed by atoms with Crippen LogP contribution in [0.5, 0.6) is 0 Å². The highest BCUT2D eigenvalue weighted by molar-refractivity contribution is 5.98. The van der Waals surface area contributed by atoms with E-state index in [1.807, 2.05) is 33.8 Å². The van der Waals surface area contributed by atoms with Crippen LogP contribution in [0.15, 0.2) is 18.2 Å². The van der Waals surface area contributed by atoms with Crippen molar-refractivity contribution in [3.05, 3.63) is 23.8 Å². The standard InChI is InChI=1S/C21H35N5O2/c1-7-25-10-12-26(13-11-25)17-8-9-18(15(2)14-17)22-16(3)19(27)23-20(28)24-21(4,5)6/h8-9,14,16,22H,7,10-13H2,1-6H3,(H2,23,24,27,28). The number of rotatable bonds is 5. The predicted molar refractivity (Wildman–Crippen MR) is 115 cm³/mol. The molecule has 0 radical (unpaired) electrons. The average Bonchev–Trinajstić information content (AvgIpc) is 2.61. The van der Waals surface area contributed by atoms with Crippen molar-refractivity contribution in [2.24, 2.45) is 0 Å². The van der Waals surface area contributed by atoms with Gasteiger partial charge < -0.3 is 20.4 Å². The monoisotopic (exact) mass is 389 g/mol. The van der Waals surface area contributed by atoms with Crippen LogP contribution in [0.2, 0.25) is 0 Å². The Morgan fingerprint density at radius 2 is 1.79 bits per heavy atom. The molecule has 7 heteroatoms. The smallest absolute Gasteiger partial charge is 0.321 e. The molecule has 1 saturated heterocycles. The number of nitrogens with zero attached hydrogens (tertiary/aromatic N) is 2. The molecule has 0 bridgehead atoms. The van der Waals surface area contributed by atoms with E-state index in [2.05, 4.69) is 44.8 Å². The molecule has 1 atom stereocenters. The van der Waals surface area contributed by atoms with Crippen molar-refractivity contribution in [3.63, 3.8) is 0 Å². The molecule has 28 heavy (non-hydrogen) atoms. The van der Waals surface area contributed by atoms with E-state index in [0.29, 0.717) is 0 Å². The summed E-state index contributed by atoms with van der Waals surface area (Å²) in [6.07, 6.45) is 0. The number of anilines is 2.